The summed E-state index contributed by atoms with van der Waals surface area (Å²) in [5, 5.41) is 0. The molecular formula is C20H27N3O2. The van der Waals surface area contributed by atoms with Gasteiger partial charge in [-0.3, -0.25) is 9.59 Å². The first-order valence-corrected chi connectivity index (χ1v) is 9.54. The molecule has 1 aliphatic carbocycles. The van der Waals surface area contributed by atoms with Crippen molar-refractivity contribution in [3.05, 3.63) is 29.8 Å². The number of piperazine rings is 1. The van der Waals surface area contributed by atoms with Crippen molar-refractivity contribution >= 4 is 17.5 Å². The van der Waals surface area contributed by atoms with Crippen LogP contribution in [0.25, 0.3) is 0 Å². The van der Waals surface area contributed by atoms with Gasteiger partial charge in [0.25, 0.3) is 0 Å². The SMILES string of the molecule is Cc1cccc(N2CCN(C(=O)[C@@H]3CCCN3C(=O)C3CC3)CC2)c1. The number of nitrogens with zero attached hydrogens (tertiary/aromatic N) is 3. The third kappa shape index (κ3) is 3.37. The van der Waals surface area contributed by atoms with Gasteiger partial charge in [-0.05, 0) is 50.3 Å². The highest BCUT2D eigenvalue weighted by atomic mass is 16.2. The highest BCUT2D eigenvalue weighted by Gasteiger charge is 2.42. The number of carbonyl (C=O) groups is 2. The Morgan fingerprint density at radius 2 is 1.72 bits per heavy atom. The zero-order valence-corrected chi connectivity index (χ0v) is 15.0. The quantitative estimate of drug-likeness (QED) is 0.845. The fourth-order valence-electron chi connectivity index (χ4n) is 4.07. The minimum absolute atomic E-state index is 0.162. The summed E-state index contributed by atoms with van der Waals surface area (Å²) in [7, 11) is 0. The average Bonchev–Trinajstić information content (AvgIpc) is 3.37. The lowest BCUT2D eigenvalue weighted by atomic mass is 10.1. The maximum Gasteiger partial charge on any atom is 0.245 e. The number of likely N-dealkylation sites (tertiary alicyclic amines) is 1. The molecule has 5 heteroatoms. The van der Waals surface area contributed by atoms with Gasteiger partial charge >= 0.3 is 0 Å². The lowest BCUT2D eigenvalue weighted by molar-refractivity contribution is -0.144. The van der Waals surface area contributed by atoms with Crippen LogP contribution in [0, 0.1) is 12.8 Å². The number of benzene rings is 1. The van der Waals surface area contributed by atoms with Gasteiger partial charge in [-0.15, -0.1) is 0 Å². The molecule has 0 aromatic heterocycles. The predicted molar refractivity (Wildman–Crippen MR) is 97.4 cm³/mol. The zero-order chi connectivity index (χ0) is 17.4. The van der Waals surface area contributed by atoms with Crippen LogP contribution in [0.3, 0.4) is 0 Å². The Morgan fingerprint density at radius 3 is 2.40 bits per heavy atom. The normalized spacial score (nSPS) is 23.9. The third-order valence-electron chi connectivity index (χ3n) is 5.71. The third-order valence-corrected chi connectivity index (χ3v) is 5.71. The van der Waals surface area contributed by atoms with E-state index in [9.17, 15) is 9.59 Å². The van der Waals surface area contributed by atoms with Gasteiger partial charge in [-0.25, -0.2) is 0 Å². The molecule has 2 amide bonds. The summed E-state index contributed by atoms with van der Waals surface area (Å²) in [6.45, 7) is 6.07. The Morgan fingerprint density at radius 1 is 0.960 bits per heavy atom. The summed E-state index contributed by atoms with van der Waals surface area (Å²) in [5.41, 5.74) is 2.50. The molecule has 1 saturated carbocycles. The number of amides is 2. The lowest BCUT2D eigenvalue weighted by Gasteiger charge is -2.38. The first-order chi connectivity index (χ1) is 12.1. The van der Waals surface area contributed by atoms with Crippen LogP contribution >= 0.6 is 0 Å². The summed E-state index contributed by atoms with van der Waals surface area (Å²) < 4.78 is 0. The number of hydrogen-bond donors (Lipinski definition) is 0. The van der Waals surface area contributed by atoms with Crippen LogP contribution in [0.4, 0.5) is 5.69 Å². The fraction of sp³-hybridized carbons (Fsp3) is 0.600. The van der Waals surface area contributed by atoms with Crippen LogP contribution in [-0.2, 0) is 9.59 Å². The maximum absolute atomic E-state index is 13.0. The van der Waals surface area contributed by atoms with Gasteiger partial charge in [0.1, 0.15) is 6.04 Å². The number of carbonyl (C=O) groups excluding carboxylic acids is 2. The molecule has 2 heterocycles. The molecule has 3 fully saturated rings. The highest BCUT2D eigenvalue weighted by Crippen LogP contribution is 2.34. The number of aryl methyl sites for hydroxylation is 1. The monoisotopic (exact) mass is 341 g/mol. The van der Waals surface area contributed by atoms with Gasteiger partial charge in [0.15, 0.2) is 0 Å². The van der Waals surface area contributed by atoms with Gasteiger partial charge < -0.3 is 14.7 Å². The summed E-state index contributed by atoms with van der Waals surface area (Å²) in [4.78, 5) is 31.6. The molecule has 3 aliphatic rings. The molecule has 1 aromatic rings. The second-order valence-corrected chi connectivity index (χ2v) is 7.62. The second kappa shape index (κ2) is 6.70. The Labute approximate surface area is 149 Å². The molecule has 1 aromatic carbocycles. The summed E-state index contributed by atoms with van der Waals surface area (Å²) >= 11 is 0. The van der Waals surface area contributed by atoms with E-state index in [0.29, 0.717) is 0 Å². The van der Waals surface area contributed by atoms with Crippen molar-refractivity contribution in [3.63, 3.8) is 0 Å². The molecule has 4 rings (SSSR count). The van der Waals surface area contributed by atoms with Gasteiger partial charge in [0.2, 0.25) is 11.8 Å². The molecule has 2 aliphatic heterocycles. The average molecular weight is 341 g/mol. The number of hydrogen-bond acceptors (Lipinski definition) is 3. The standard InChI is InChI=1S/C20H27N3O2/c1-15-4-2-5-17(14-15)21-10-12-22(13-11-21)20(25)18-6-3-9-23(18)19(24)16-7-8-16/h2,4-5,14,16,18H,3,6-13H2,1H3/t18-/m0/s1. The van der Waals surface area contributed by atoms with Crippen molar-refractivity contribution in [2.45, 2.75) is 38.6 Å². The van der Waals surface area contributed by atoms with E-state index >= 15 is 0 Å². The van der Waals surface area contributed by atoms with Crippen LogP contribution in [-0.4, -0.2) is 60.4 Å². The molecule has 0 unspecified atom stereocenters. The first-order valence-electron chi connectivity index (χ1n) is 9.54. The number of rotatable bonds is 3. The smallest absolute Gasteiger partial charge is 0.245 e. The van der Waals surface area contributed by atoms with Crippen molar-refractivity contribution < 1.29 is 9.59 Å². The molecule has 25 heavy (non-hydrogen) atoms. The maximum atomic E-state index is 13.0. The minimum Gasteiger partial charge on any atom is -0.368 e. The lowest BCUT2D eigenvalue weighted by Crippen LogP contribution is -2.54. The van der Waals surface area contributed by atoms with E-state index < -0.39 is 0 Å². The predicted octanol–water partition coefficient (Wildman–Crippen LogP) is 2.04. The molecule has 0 spiro atoms. The zero-order valence-electron chi connectivity index (χ0n) is 15.0. The number of anilines is 1. The van der Waals surface area contributed by atoms with E-state index in [1.807, 2.05) is 9.80 Å². The van der Waals surface area contributed by atoms with E-state index in [0.717, 1.165) is 58.4 Å². The minimum atomic E-state index is -0.210. The van der Waals surface area contributed by atoms with Crippen LogP contribution in [0.2, 0.25) is 0 Å². The van der Waals surface area contributed by atoms with E-state index in [1.165, 1.54) is 11.3 Å². The fourth-order valence-corrected chi connectivity index (χ4v) is 4.07. The molecular weight excluding hydrogens is 314 g/mol. The van der Waals surface area contributed by atoms with Gasteiger partial charge in [0.05, 0.1) is 0 Å². The Bertz CT molecular complexity index is 663. The Kier molecular flexibility index (Phi) is 4.40. The molecule has 2 saturated heterocycles. The Hall–Kier alpha value is -2.04. The molecule has 5 nitrogen and oxygen atoms in total. The molecule has 0 bridgehead atoms. The van der Waals surface area contributed by atoms with Crippen molar-refractivity contribution in [2.24, 2.45) is 5.92 Å². The van der Waals surface area contributed by atoms with Crippen LogP contribution < -0.4 is 4.90 Å². The summed E-state index contributed by atoms with van der Waals surface area (Å²) in [5.74, 6) is 0.580. The van der Waals surface area contributed by atoms with Crippen LogP contribution in [0.5, 0.6) is 0 Å². The van der Waals surface area contributed by atoms with Crippen LogP contribution in [0.15, 0.2) is 24.3 Å². The van der Waals surface area contributed by atoms with E-state index in [2.05, 4.69) is 36.1 Å². The van der Waals surface area contributed by atoms with Crippen LogP contribution in [0.1, 0.15) is 31.2 Å². The summed E-state index contributed by atoms with van der Waals surface area (Å²) in [6.07, 6.45) is 3.80. The molecule has 0 N–H and O–H groups in total. The molecule has 134 valence electrons. The second-order valence-electron chi connectivity index (χ2n) is 7.62. The van der Waals surface area contributed by atoms with Crippen molar-refractivity contribution in [1.29, 1.82) is 0 Å². The molecule has 0 radical (unpaired) electrons. The highest BCUT2D eigenvalue weighted by molar-refractivity contribution is 5.90. The summed E-state index contributed by atoms with van der Waals surface area (Å²) in [6, 6.07) is 8.32. The molecule has 1 atom stereocenters. The first kappa shape index (κ1) is 16.4. The van der Waals surface area contributed by atoms with Gasteiger partial charge in [-0.1, -0.05) is 12.1 Å². The van der Waals surface area contributed by atoms with Crippen molar-refractivity contribution in [1.82, 2.24) is 9.80 Å². The van der Waals surface area contributed by atoms with E-state index in [1.54, 1.807) is 0 Å². The van der Waals surface area contributed by atoms with Gasteiger partial charge in [0, 0.05) is 44.3 Å². The van der Waals surface area contributed by atoms with Gasteiger partial charge in [-0.2, -0.15) is 0 Å². The Balaban J connectivity index is 1.37. The van der Waals surface area contributed by atoms with E-state index in [4.69, 9.17) is 0 Å². The topological polar surface area (TPSA) is 43.9 Å². The van der Waals surface area contributed by atoms with Crippen molar-refractivity contribution in [2.75, 3.05) is 37.6 Å². The van der Waals surface area contributed by atoms with Crippen molar-refractivity contribution in [3.8, 4) is 0 Å². The van der Waals surface area contributed by atoms with E-state index in [-0.39, 0.29) is 23.8 Å². The largest absolute Gasteiger partial charge is 0.368 e.